The number of benzene rings is 1. The van der Waals surface area contributed by atoms with Gasteiger partial charge >= 0.3 is 5.97 Å². The molecule has 0 saturated heterocycles. The van der Waals surface area contributed by atoms with Gasteiger partial charge in [0.05, 0.1) is 4.90 Å². The summed E-state index contributed by atoms with van der Waals surface area (Å²) in [4.78, 5) is 13.5. The first-order chi connectivity index (χ1) is 9.26. The lowest BCUT2D eigenvalue weighted by Gasteiger charge is -2.14. The van der Waals surface area contributed by atoms with Crippen molar-refractivity contribution in [2.24, 2.45) is 0 Å². The highest BCUT2D eigenvalue weighted by Gasteiger charge is 2.30. The first-order valence-corrected chi connectivity index (χ1v) is 6.94. The van der Waals surface area contributed by atoms with Gasteiger partial charge in [-0.25, -0.2) is 22.0 Å². The molecule has 0 bridgehead atoms. The topological polar surface area (TPSA) is 72.5 Å². The van der Waals surface area contributed by atoms with Crippen molar-refractivity contribution >= 4 is 16.0 Å². The van der Waals surface area contributed by atoms with E-state index in [-0.39, 0.29) is 4.90 Å². The summed E-state index contributed by atoms with van der Waals surface area (Å²) in [7, 11) is -4.23. The monoisotopic (exact) mass is 311 g/mol. The van der Waals surface area contributed by atoms with Crippen LogP contribution >= 0.6 is 0 Å². The number of hydrogen-bond acceptors (Lipinski definition) is 4. The summed E-state index contributed by atoms with van der Waals surface area (Å²) in [5.41, 5.74) is 0.788. The lowest BCUT2D eigenvalue weighted by molar-refractivity contribution is -0.186. The zero-order valence-corrected chi connectivity index (χ0v) is 11.2. The number of sulfonamides is 1. The summed E-state index contributed by atoms with van der Waals surface area (Å²) < 4.78 is 61.7. The van der Waals surface area contributed by atoms with Crippen LogP contribution in [0.3, 0.4) is 0 Å². The van der Waals surface area contributed by atoms with Crippen LogP contribution in [0, 0.1) is 6.92 Å². The Kier molecular flexibility index (Phi) is 5.52. The molecular weight excluding hydrogens is 299 g/mol. The third-order valence-electron chi connectivity index (χ3n) is 2.40. The molecule has 20 heavy (non-hydrogen) atoms. The summed E-state index contributed by atoms with van der Waals surface area (Å²) in [6.07, 6.45) is -4.19. The average Bonchev–Trinajstić information content (AvgIpc) is 2.36. The number of halogens is 3. The maximum Gasteiger partial charge on any atom is 0.366 e. The molecule has 0 spiro atoms. The maximum atomic E-state index is 12.2. The fourth-order valence-corrected chi connectivity index (χ4v) is 2.59. The van der Waals surface area contributed by atoms with Gasteiger partial charge in [-0.1, -0.05) is 17.7 Å². The van der Waals surface area contributed by atoms with E-state index in [4.69, 9.17) is 0 Å². The molecule has 0 amide bonds. The molecule has 112 valence electrons. The summed E-state index contributed by atoms with van der Waals surface area (Å²) >= 11 is 0. The van der Waals surface area contributed by atoms with Gasteiger partial charge in [-0.05, 0) is 19.1 Å². The van der Waals surface area contributed by atoms with E-state index in [1.165, 1.54) is 24.3 Å². The predicted octanol–water partition coefficient (Wildman–Crippen LogP) is 1.72. The Balaban J connectivity index is 2.96. The van der Waals surface area contributed by atoms with Gasteiger partial charge in [-0.3, -0.25) is 4.94 Å². The number of nitrogens with one attached hydrogen (secondary N) is 1. The lowest BCUT2D eigenvalue weighted by atomic mass is 10.2. The molecule has 0 aliphatic rings. The van der Waals surface area contributed by atoms with Crippen molar-refractivity contribution in [2.75, 3.05) is 0 Å². The molecular formula is C11H12F3NO4S. The molecule has 1 unspecified atom stereocenters. The molecule has 5 nitrogen and oxygen atoms in total. The Labute approximate surface area is 113 Å². The second-order valence-electron chi connectivity index (χ2n) is 4.01. The Morgan fingerprint density at radius 1 is 1.30 bits per heavy atom. The molecule has 0 radical (unpaired) electrons. The number of rotatable bonds is 6. The number of aryl methyl sites for hydroxylation is 1. The SMILES string of the molecule is Cc1ccc(S(=O)(=O)NC(CC(F)F)C(=O)OF)cc1. The Morgan fingerprint density at radius 3 is 2.30 bits per heavy atom. The minimum absolute atomic E-state index is 0.228. The van der Waals surface area contributed by atoms with E-state index < -0.39 is 34.9 Å². The van der Waals surface area contributed by atoms with Crippen LogP contribution in [0.2, 0.25) is 0 Å². The molecule has 1 aromatic rings. The van der Waals surface area contributed by atoms with E-state index in [0.29, 0.717) is 0 Å². The Morgan fingerprint density at radius 2 is 1.85 bits per heavy atom. The van der Waals surface area contributed by atoms with Crippen LogP contribution in [0.25, 0.3) is 0 Å². The van der Waals surface area contributed by atoms with Crippen LogP contribution in [0.1, 0.15) is 12.0 Å². The van der Waals surface area contributed by atoms with E-state index in [9.17, 15) is 26.5 Å². The molecule has 1 atom stereocenters. The van der Waals surface area contributed by atoms with Crippen LogP contribution in [0.4, 0.5) is 13.3 Å². The molecule has 0 aliphatic heterocycles. The first kappa shape index (κ1) is 16.4. The van der Waals surface area contributed by atoms with Crippen molar-refractivity contribution in [1.82, 2.24) is 4.72 Å². The summed E-state index contributed by atoms with van der Waals surface area (Å²) in [5.74, 6) is -1.72. The Bertz CT molecular complexity index is 560. The van der Waals surface area contributed by atoms with Gasteiger partial charge in [-0.2, -0.15) is 4.72 Å². The number of hydrogen-bond donors (Lipinski definition) is 1. The largest absolute Gasteiger partial charge is 0.366 e. The highest BCUT2D eigenvalue weighted by Crippen LogP contribution is 2.13. The first-order valence-electron chi connectivity index (χ1n) is 5.46. The number of alkyl halides is 2. The lowest BCUT2D eigenvalue weighted by Crippen LogP contribution is -2.42. The second kappa shape index (κ2) is 6.71. The normalized spacial score (nSPS) is 13.2. The second-order valence-corrected chi connectivity index (χ2v) is 5.72. The van der Waals surface area contributed by atoms with Gasteiger partial charge in [0.15, 0.2) is 0 Å². The van der Waals surface area contributed by atoms with Gasteiger partial charge < -0.3 is 0 Å². The van der Waals surface area contributed by atoms with Crippen molar-refractivity contribution in [1.29, 1.82) is 0 Å². The third kappa shape index (κ3) is 4.49. The van der Waals surface area contributed by atoms with Crippen molar-refractivity contribution in [3.63, 3.8) is 0 Å². The Hall–Kier alpha value is -1.61. The average molecular weight is 311 g/mol. The molecule has 9 heteroatoms. The van der Waals surface area contributed by atoms with Crippen LogP contribution in [0.5, 0.6) is 0 Å². The zero-order chi connectivity index (χ0) is 15.3. The smallest absolute Gasteiger partial charge is 0.253 e. The minimum atomic E-state index is -4.23. The van der Waals surface area contributed by atoms with Crippen LogP contribution < -0.4 is 4.72 Å². The fourth-order valence-electron chi connectivity index (χ4n) is 1.40. The van der Waals surface area contributed by atoms with Gasteiger partial charge in [0.25, 0.3) is 0 Å². The summed E-state index contributed by atoms with van der Waals surface area (Å²) in [6.45, 7) is 1.73. The van der Waals surface area contributed by atoms with E-state index in [2.05, 4.69) is 4.94 Å². The standard InChI is InChI=1S/C11H12F3NO4S/c1-7-2-4-8(5-3-7)20(17,18)15-9(6-10(12)13)11(16)19-14/h2-5,9-10,15H,6H2,1H3. The van der Waals surface area contributed by atoms with Crippen molar-refractivity contribution in [3.05, 3.63) is 29.8 Å². The van der Waals surface area contributed by atoms with Gasteiger partial charge in [0, 0.05) is 10.9 Å². The third-order valence-corrected chi connectivity index (χ3v) is 3.89. The number of carbonyl (C=O) groups excluding carboxylic acids is 1. The van der Waals surface area contributed by atoms with Crippen LogP contribution in [0.15, 0.2) is 29.2 Å². The van der Waals surface area contributed by atoms with Crippen molar-refractivity contribution < 1.29 is 31.5 Å². The quantitative estimate of drug-likeness (QED) is 0.868. The van der Waals surface area contributed by atoms with E-state index in [1.807, 2.05) is 0 Å². The zero-order valence-electron chi connectivity index (χ0n) is 10.3. The number of carbonyl (C=O) groups is 1. The molecule has 0 aromatic heterocycles. The molecule has 1 aromatic carbocycles. The highest BCUT2D eigenvalue weighted by atomic mass is 32.2. The van der Waals surface area contributed by atoms with Gasteiger partial charge in [0.1, 0.15) is 6.04 Å². The molecule has 0 heterocycles. The summed E-state index contributed by atoms with van der Waals surface area (Å²) in [5, 5.41) is 0. The van der Waals surface area contributed by atoms with Gasteiger partial charge in [0.2, 0.25) is 16.4 Å². The van der Waals surface area contributed by atoms with Crippen LogP contribution in [-0.4, -0.2) is 26.9 Å². The molecule has 0 saturated carbocycles. The van der Waals surface area contributed by atoms with E-state index >= 15 is 0 Å². The van der Waals surface area contributed by atoms with E-state index in [0.717, 1.165) is 5.56 Å². The molecule has 1 N–H and O–H groups in total. The van der Waals surface area contributed by atoms with Crippen molar-refractivity contribution in [2.45, 2.75) is 30.7 Å². The predicted molar refractivity (Wildman–Crippen MR) is 63.1 cm³/mol. The van der Waals surface area contributed by atoms with E-state index in [1.54, 1.807) is 11.6 Å². The molecule has 0 fully saturated rings. The molecule has 1 rings (SSSR count). The molecule has 0 aliphatic carbocycles. The minimum Gasteiger partial charge on any atom is -0.253 e. The summed E-state index contributed by atoms with van der Waals surface area (Å²) in [6, 6.07) is 3.45. The van der Waals surface area contributed by atoms with Gasteiger partial charge in [-0.15, -0.1) is 0 Å². The fraction of sp³-hybridized carbons (Fsp3) is 0.364. The maximum absolute atomic E-state index is 12.2. The van der Waals surface area contributed by atoms with Crippen LogP contribution in [-0.2, 0) is 19.8 Å². The van der Waals surface area contributed by atoms with Crippen molar-refractivity contribution in [3.8, 4) is 0 Å². The highest BCUT2D eigenvalue weighted by molar-refractivity contribution is 7.89.